The molecule has 0 aliphatic carbocycles. The van der Waals surface area contributed by atoms with E-state index in [1.54, 1.807) is 12.2 Å². The van der Waals surface area contributed by atoms with Crippen LogP contribution >= 0.6 is 0 Å². The van der Waals surface area contributed by atoms with Crippen LogP contribution in [0.25, 0.3) is 0 Å². The van der Waals surface area contributed by atoms with Gasteiger partial charge in [0.2, 0.25) is 0 Å². The Balaban J connectivity index is 4.28. The van der Waals surface area contributed by atoms with Crippen molar-refractivity contribution in [1.82, 2.24) is 0 Å². The largest absolute Gasteiger partial charge is 0.480 e. The van der Waals surface area contributed by atoms with Gasteiger partial charge in [-0.3, -0.25) is 4.79 Å². The van der Waals surface area contributed by atoms with Crippen LogP contribution in [-0.2, 0) is 4.79 Å². The molecule has 0 aromatic rings. The maximum atomic E-state index is 10.4. The highest BCUT2D eigenvalue weighted by atomic mass is 16.4. The fourth-order valence-corrected chi connectivity index (χ4v) is 0.780. The molecule has 0 fully saturated rings. The van der Waals surface area contributed by atoms with Crippen LogP contribution in [-0.4, -0.2) is 17.1 Å². The number of aliphatic carboxylic acids is 1. The van der Waals surface area contributed by atoms with Gasteiger partial charge in [0, 0.05) is 0 Å². The number of rotatable bonds is 5. The molecule has 0 aliphatic heterocycles. The first kappa shape index (κ1) is 11.6. The number of carboxylic acid groups (broad SMARTS) is 1. The summed E-state index contributed by atoms with van der Waals surface area (Å²) in [5, 5.41) is 8.55. The van der Waals surface area contributed by atoms with Gasteiger partial charge in [-0.05, 0) is 18.9 Å². The summed E-state index contributed by atoms with van der Waals surface area (Å²) in [5.41, 5.74) is 6.18. The minimum Gasteiger partial charge on any atom is -0.480 e. The Kier molecular flexibility index (Phi) is 5.55. The quantitative estimate of drug-likeness (QED) is 0.631. The second kappa shape index (κ2) is 6.20. The highest BCUT2D eigenvalue weighted by Gasteiger charge is 2.11. The lowest BCUT2D eigenvalue weighted by Crippen LogP contribution is -2.30. The molecule has 3 nitrogen and oxygen atoms in total. The molecular weight excluding hydrogens is 166 g/mol. The molecule has 0 rings (SSSR count). The summed E-state index contributed by atoms with van der Waals surface area (Å²) in [6, 6.07) is -0.852. The Labute approximate surface area is 78.3 Å². The molecular formula is C10H15NO2. The first-order valence-corrected chi connectivity index (χ1v) is 4.04. The molecule has 0 spiro atoms. The summed E-state index contributed by atoms with van der Waals surface area (Å²) in [7, 11) is 0. The number of hydrogen-bond donors (Lipinski definition) is 2. The molecule has 0 aliphatic rings. The maximum Gasteiger partial charge on any atom is 0.320 e. The van der Waals surface area contributed by atoms with Crippen LogP contribution in [0.15, 0.2) is 36.5 Å². The van der Waals surface area contributed by atoms with Gasteiger partial charge in [-0.2, -0.15) is 0 Å². The summed E-state index contributed by atoms with van der Waals surface area (Å²) in [5.74, 6) is -0.992. The molecule has 1 atom stereocenters. The molecule has 3 N–H and O–H groups in total. The van der Waals surface area contributed by atoms with Crippen molar-refractivity contribution in [3.8, 4) is 0 Å². The van der Waals surface area contributed by atoms with Gasteiger partial charge < -0.3 is 10.8 Å². The molecule has 0 amide bonds. The van der Waals surface area contributed by atoms with Crippen molar-refractivity contribution < 1.29 is 9.90 Å². The fraction of sp³-hybridized carbons (Fsp3) is 0.300. The minimum atomic E-state index is -0.992. The number of hydrogen-bond acceptors (Lipinski definition) is 2. The van der Waals surface area contributed by atoms with E-state index in [1.807, 2.05) is 19.1 Å². The van der Waals surface area contributed by atoms with Crippen molar-refractivity contribution in [1.29, 1.82) is 0 Å². The van der Waals surface area contributed by atoms with Crippen LogP contribution in [0.1, 0.15) is 13.3 Å². The zero-order chi connectivity index (χ0) is 10.3. The molecule has 0 bridgehead atoms. The second-order valence-corrected chi connectivity index (χ2v) is 2.62. The van der Waals surface area contributed by atoms with Crippen LogP contribution in [0.2, 0.25) is 0 Å². The summed E-state index contributed by atoms with van der Waals surface area (Å²) < 4.78 is 0. The number of carbonyl (C=O) groups is 1. The molecule has 0 heterocycles. The third-order valence-corrected chi connectivity index (χ3v) is 1.54. The van der Waals surface area contributed by atoms with E-state index in [1.165, 1.54) is 0 Å². The lowest BCUT2D eigenvalue weighted by molar-refractivity contribution is -0.138. The molecule has 0 unspecified atom stereocenters. The highest BCUT2D eigenvalue weighted by molar-refractivity contribution is 5.73. The zero-order valence-electron chi connectivity index (χ0n) is 7.73. The van der Waals surface area contributed by atoms with Crippen LogP contribution in [0.3, 0.4) is 0 Å². The topological polar surface area (TPSA) is 63.3 Å². The summed E-state index contributed by atoms with van der Waals surface area (Å²) in [4.78, 5) is 10.4. The standard InChI is InChI=1S/C10H15NO2/c1-3-5-6-8(4-2)7-9(11)10(12)13/h3-6,9H,2,7,11H2,1H3,(H,12,13)/b5-3-,8-6+/t9-/m0/s1. The van der Waals surface area contributed by atoms with E-state index in [2.05, 4.69) is 6.58 Å². The van der Waals surface area contributed by atoms with Gasteiger partial charge in [-0.15, -0.1) is 0 Å². The van der Waals surface area contributed by atoms with E-state index in [-0.39, 0.29) is 0 Å². The fourth-order valence-electron chi connectivity index (χ4n) is 0.780. The molecule has 0 saturated carbocycles. The smallest absolute Gasteiger partial charge is 0.320 e. The van der Waals surface area contributed by atoms with Gasteiger partial charge in [0.25, 0.3) is 0 Å². The predicted octanol–water partition coefficient (Wildman–Crippen LogP) is 1.48. The molecule has 3 heteroatoms. The highest BCUT2D eigenvalue weighted by Crippen LogP contribution is 2.05. The van der Waals surface area contributed by atoms with Crippen molar-refractivity contribution in [2.75, 3.05) is 0 Å². The van der Waals surface area contributed by atoms with Crippen LogP contribution in [0, 0.1) is 0 Å². The minimum absolute atomic E-state index is 0.309. The van der Waals surface area contributed by atoms with Crippen LogP contribution in [0.5, 0.6) is 0 Å². The first-order valence-electron chi connectivity index (χ1n) is 4.04. The Morgan fingerprint density at radius 2 is 2.31 bits per heavy atom. The van der Waals surface area contributed by atoms with Crippen LogP contribution < -0.4 is 5.73 Å². The Bertz CT molecular complexity index is 241. The van der Waals surface area contributed by atoms with Crippen molar-refractivity contribution in [2.45, 2.75) is 19.4 Å². The molecule has 0 saturated heterocycles. The van der Waals surface area contributed by atoms with Crippen molar-refractivity contribution >= 4 is 5.97 Å². The Morgan fingerprint density at radius 3 is 2.69 bits per heavy atom. The second-order valence-electron chi connectivity index (χ2n) is 2.62. The SMILES string of the molecule is C=C/C(=C\C=C/C)C[C@H](N)C(=O)O. The van der Waals surface area contributed by atoms with Crippen molar-refractivity contribution in [3.05, 3.63) is 36.5 Å². The summed E-state index contributed by atoms with van der Waals surface area (Å²) >= 11 is 0. The van der Waals surface area contributed by atoms with E-state index in [9.17, 15) is 4.79 Å². The van der Waals surface area contributed by atoms with Gasteiger partial charge in [0.15, 0.2) is 0 Å². The molecule has 0 aromatic carbocycles. The molecule has 0 aromatic heterocycles. The monoisotopic (exact) mass is 181 g/mol. The molecule has 72 valence electrons. The predicted molar refractivity (Wildman–Crippen MR) is 53.3 cm³/mol. The summed E-state index contributed by atoms with van der Waals surface area (Å²) in [6.45, 7) is 5.46. The number of nitrogens with two attached hydrogens (primary N) is 1. The average molecular weight is 181 g/mol. The van der Waals surface area contributed by atoms with E-state index >= 15 is 0 Å². The Morgan fingerprint density at radius 1 is 1.69 bits per heavy atom. The summed E-state index contributed by atoms with van der Waals surface area (Å²) in [6.07, 6.45) is 7.41. The van der Waals surface area contributed by atoms with Crippen molar-refractivity contribution in [3.63, 3.8) is 0 Å². The third-order valence-electron chi connectivity index (χ3n) is 1.54. The van der Waals surface area contributed by atoms with Crippen LogP contribution in [0.4, 0.5) is 0 Å². The number of allylic oxidation sites excluding steroid dienone is 4. The average Bonchev–Trinajstić information content (AvgIpc) is 2.11. The molecule has 13 heavy (non-hydrogen) atoms. The van der Waals surface area contributed by atoms with E-state index < -0.39 is 12.0 Å². The number of carboxylic acids is 1. The van der Waals surface area contributed by atoms with Gasteiger partial charge in [-0.25, -0.2) is 0 Å². The van der Waals surface area contributed by atoms with E-state index in [0.29, 0.717) is 6.42 Å². The van der Waals surface area contributed by atoms with Gasteiger partial charge >= 0.3 is 5.97 Å². The first-order chi connectivity index (χ1) is 6.11. The third kappa shape index (κ3) is 4.98. The molecule has 0 radical (unpaired) electrons. The van der Waals surface area contributed by atoms with Gasteiger partial charge in [-0.1, -0.05) is 30.9 Å². The van der Waals surface area contributed by atoms with Gasteiger partial charge in [0.05, 0.1) is 0 Å². The van der Waals surface area contributed by atoms with Gasteiger partial charge in [0.1, 0.15) is 6.04 Å². The lowest BCUT2D eigenvalue weighted by Gasteiger charge is -2.05. The van der Waals surface area contributed by atoms with E-state index in [0.717, 1.165) is 5.57 Å². The van der Waals surface area contributed by atoms with Crippen molar-refractivity contribution in [2.24, 2.45) is 5.73 Å². The Hall–Kier alpha value is -1.35. The maximum absolute atomic E-state index is 10.4. The normalized spacial score (nSPS) is 14.5. The van der Waals surface area contributed by atoms with E-state index in [4.69, 9.17) is 10.8 Å². The zero-order valence-corrected chi connectivity index (χ0v) is 7.73. The lowest BCUT2D eigenvalue weighted by atomic mass is 10.1.